The van der Waals surface area contributed by atoms with Crippen LogP contribution in [0.15, 0.2) is 12.4 Å². The van der Waals surface area contributed by atoms with Crippen molar-refractivity contribution in [1.29, 1.82) is 0 Å². The molecule has 2 aromatic heterocycles. The van der Waals surface area contributed by atoms with Crippen LogP contribution in [0.2, 0.25) is 0 Å². The van der Waals surface area contributed by atoms with Gasteiger partial charge in [-0.15, -0.1) is 5.10 Å². The second-order valence-electron chi connectivity index (χ2n) is 4.55. The summed E-state index contributed by atoms with van der Waals surface area (Å²) in [7, 11) is 2.00. The third-order valence-corrected chi connectivity index (χ3v) is 4.05. The normalized spacial score (nSPS) is 12.8. The van der Waals surface area contributed by atoms with Gasteiger partial charge in [0, 0.05) is 25.9 Å². The van der Waals surface area contributed by atoms with Crippen molar-refractivity contribution in [2.75, 3.05) is 0 Å². The summed E-state index contributed by atoms with van der Waals surface area (Å²) in [5, 5.41) is 4.19. The number of rotatable bonds is 7. The maximum absolute atomic E-state index is 5.68. The van der Waals surface area contributed by atoms with Gasteiger partial charge in [0.05, 0.1) is 16.6 Å². The summed E-state index contributed by atoms with van der Waals surface area (Å²) in [6.07, 6.45) is 7.55. The smallest absolute Gasteiger partial charge is 0.108 e. The molecular formula is C12H20N6S. The van der Waals surface area contributed by atoms with E-state index in [-0.39, 0.29) is 6.04 Å². The third-order valence-electron chi connectivity index (χ3n) is 3.17. The Bertz CT molecular complexity index is 506. The number of hydrogen-bond donors (Lipinski definition) is 2. The highest BCUT2D eigenvalue weighted by Crippen LogP contribution is 2.24. The first-order valence-electron chi connectivity index (χ1n) is 6.49. The monoisotopic (exact) mass is 280 g/mol. The molecule has 0 saturated heterocycles. The maximum Gasteiger partial charge on any atom is 0.108 e. The molecule has 0 saturated carbocycles. The molecule has 0 aliphatic rings. The van der Waals surface area contributed by atoms with Crippen LogP contribution in [0.1, 0.15) is 42.2 Å². The topological polar surface area (TPSA) is 81.7 Å². The highest BCUT2D eigenvalue weighted by Gasteiger charge is 2.18. The predicted octanol–water partition coefficient (Wildman–Crippen LogP) is 1.36. The first kappa shape index (κ1) is 14.1. The summed E-state index contributed by atoms with van der Waals surface area (Å²) >= 11 is 1.43. The van der Waals surface area contributed by atoms with Gasteiger partial charge in [0.15, 0.2) is 0 Å². The van der Waals surface area contributed by atoms with E-state index in [2.05, 4.69) is 26.9 Å². The zero-order valence-electron chi connectivity index (χ0n) is 11.3. The molecule has 0 aliphatic heterocycles. The van der Waals surface area contributed by atoms with Crippen molar-refractivity contribution < 1.29 is 0 Å². The summed E-state index contributed by atoms with van der Waals surface area (Å²) in [6, 6.07) is 0.0956. The number of nitrogens with two attached hydrogens (primary N) is 1. The molecule has 0 bridgehead atoms. The minimum Gasteiger partial charge on any atom is -0.338 e. The number of nitrogens with one attached hydrogen (secondary N) is 1. The molecule has 0 fully saturated rings. The quantitative estimate of drug-likeness (QED) is 0.591. The van der Waals surface area contributed by atoms with Gasteiger partial charge in [-0.3, -0.25) is 11.3 Å². The number of aryl methyl sites for hydroxylation is 3. The standard InChI is InChI=1S/C12H20N6S/c1-3-4-10-12(19-17-16-10)9(15-13)5-6-11-14-7-8-18(11)2/h7-9,15H,3-6,13H2,1-2H3. The van der Waals surface area contributed by atoms with Gasteiger partial charge in [0.2, 0.25) is 0 Å². The van der Waals surface area contributed by atoms with Gasteiger partial charge in [-0.05, 0) is 24.4 Å². The Kier molecular flexibility index (Phi) is 5.00. The molecule has 0 amide bonds. The van der Waals surface area contributed by atoms with Crippen LogP contribution < -0.4 is 11.3 Å². The van der Waals surface area contributed by atoms with Crippen LogP contribution in [0.25, 0.3) is 0 Å². The Labute approximate surface area is 117 Å². The highest BCUT2D eigenvalue weighted by molar-refractivity contribution is 7.05. The third kappa shape index (κ3) is 3.37. The van der Waals surface area contributed by atoms with E-state index in [0.29, 0.717) is 0 Å². The Hall–Kier alpha value is -1.31. The molecular weight excluding hydrogens is 260 g/mol. The van der Waals surface area contributed by atoms with Crippen LogP contribution in [0.3, 0.4) is 0 Å². The molecule has 0 aromatic carbocycles. The van der Waals surface area contributed by atoms with Crippen molar-refractivity contribution in [3.8, 4) is 0 Å². The average Bonchev–Trinajstić information content (AvgIpc) is 3.01. The number of aromatic nitrogens is 4. The Morgan fingerprint density at radius 2 is 2.32 bits per heavy atom. The first-order valence-corrected chi connectivity index (χ1v) is 7.27. The van der Waals surface area contributed by atoms with E-state index >= 15 is 0 Å². The summed E-state index contributed by atoms with van der Waals surface area (Å²) in [5.41, 5.74) is 3.94. The molecule has 0 radical (unpaired) electrons. The van der Waals surface area contributed by atoms with Crippen LogP contribution in [-0.4, -0.2) is 19.1 Å². The number of hydrazine groups is 1. The molecule has 2 heterocycles. The van der Waals surface area contributed by atoms with Gasteiger partial charge < -0.3 is 4.57 Å². The Balaban J connectivity index is 2.03. The van der Waals surface area contributed by atoms with Crippen molar-refractivity contribution >= 4 is 11.5 Å². The van der Waals surface area contributed by atoms with E-state index in [1.165, 1.54) is 11.5 Å². The van der Waals surface area contributed by atoms with E-state index < -0.39 is 0 Å². The fourth-order valence-electron chi connectivity index (χ4n) is 2.09. The lowest BCUT2D eigenvalue weighted by Gasteiger charge is -2.14. The van der Waals surface area contributed by atoms with E-state index in [0.717, 1.165) is 42.1 Å². The van der Waals surface area contributed by atoms with Crippen molar-refractivity contribution in [2.45, 2.75) is 38.6 Å². The van der Waals surface area contributed by atoms with Crippen molar-refractivity contribution in [2.24, 2.45) is 12.9 Å². The molecule has 0 spiro atoms. The van der Waals surface area contributed by atoms with E-state index in [1.807, 2.05) is 24.0 Å². The molecule has 19 heavy (non-hydrogen) atoms. The van der Waals surface area contributed by atoms with Crippen molar-refractivity contribution in [3.05, 3.63) is 28.8 Å². The van der Waals surface area contributed by atoms with E-state index in [4.69, 9.17) is 5.84 Å². The average molecular weight is 280 g/mol. The van der Waals surface area contributed by atoms with E-state index in [1.54, 1.807) is 0 Å². The van der Waals surface area contributed by atoms with Crippen molar-refractivity contribution in [1.82, 2.24) is 24.6 Å². The van der Waals surface area contributed by atoms with Gasteiger partial charge in [0.1, 0.15) is 5.82 Å². The molecule has 7 heteroatoms. The lowest BCUT2D eigenvalue weighted by atomic mass is 10.1. The summed E-state index contributed by atoms with van der Waals surface area (Å²) in [5.74, 6) is 6.75. The van der Waals surface area contributed by atoms with Crippen LogP contribution in [0.5, 0.6) is 0 Å². The van der Waals surface area contributed by atoms with Crippen LogP contribution >= 0.6 is 11.5 Å². The molecule has 6 nitrogen and oxygen atoms in total. The lowest BCUT2D eigenvalue weighted by molar-refractivity contribution is 0.508. The van der Waals surface area contributed by atoms with Gasteiger partial charge in [0.25, 0.3) is 0 Å². The molecule has 3 N–H and O–H groups in total. The highest BCUT2D eigenvalue weighted by atomic mass is 32.1. The fraction of sp³-hybridized carbons (Fsp3) is 0.583. The molecule has 104 valence electrons. The van der Waals surface area contributed by atoms with Crippen LogP contribution in [0.4, 0.5) is 0 Å². The molecule has 0 aliphatic carbocycles. The Morgan fingerprint density at radius 3 is 2.95 bits per heavy atom. The minimum atomic E-state index is 0.0956. The SMILES string of the molecule is CCCc1nnsc1C(CCc1nccn1C)NN. The van der Waals surface area contributed by atoms with Gasteiger partial charge >= 0.3 is 0 Å². The van der Waals surface area contributed by atoms with Crippen molar-refractivity contribution in [3.63, 3.8) is 0 Å². The predicted molar refractivity (Wildman–Crippen MR) is 75.5 cm³/mol. The van der Waals surface area contributed by atoms with Crippen LogP contribution in [0, 0.1) is 0 Å². The molecule has 1 atom stereocenters. The lowest BCUT2D eigenvalue weighted by Crippen LogP contribution is -2.28. The van der Waals surface area contributed by atoms with Gasteiger partial charge in [-0.2, -0.15) is 0 Å². The van der Waals surface area contributed by atoms with Gasteiger partial charge in [-0.1, -0.05) is 17.8 Å². The second kappa shape index (κ2) is 6.74. The Morgan fingerprint density at radius 1 is 1.47 bits per heavy atom. The zero-order chi connectivity index (χ0) is 13.7. The van der Waals surface area contributed by atoms with Crippen LogP contribution in [-0.2, 0) is 19.9 Å². The minimum absolute atomic E-state index is 0.0956. The van der Waals surface area contributed by atoms with Gasteiger partial charge in [-0.25, -0.2) is 4.98 Å². The summed E-state index contributed by atoms with van der Waals surface area (Å²) < 4.78 is 6.08. The molecule has 1 unspecified atom stereocenters. The maximum atomic E-state index is 5.68. The molecule has 2 aromatic rings. The summed E-state index contributed by atoms with van der Waals surface area (Å²) in [4.78, 5) is 5.48. The second-order valence-corrected chi connectivity index (χ2v) is 5.33. The first-order chi connectivity index (χ1) is 9.26. The summed E-state index contributed by atoms with van der Waals surface area (Å²) in [6.45, 7) is 2.14. The number of imidazole rings is 1. The largest absolute Gasteiger partial charge is 0.338 e. The fourth-order valence-corrected chi connectivity index (χ4v) is 2.88. The number of hydrogen-bond acceptors (Lipinski definition) is 6. The van der Waals surface area contributed by atoms with E-state index in [9.17, 15) is 0 Å². The zero-order valence-corrected chi connectivity index (χ0v) is 12.2. The molecule has 2 rings (SSSR count). The number of nitrogens with zero attached hydrogens (tertiary/aromatic N) is 4.